The summed E-state index contributed by atoms with van der Waals surface area (Å²) in [7, 11) is 0. The van der Waals surface area contributed by atoms with E-state index in [1.165, 1.54) is 6.07 Å². The van der Waals surface area contributed by atoms with Gasteiger partial charge in [-0.1, -0.05) is 47.6 Å². The number of aromatic nitrogens is 1. The third kappa shape index (κ3) is 7.20. The highest BCUT2D eigenvalue weighted by molar-refractivity contribution is 5.89. The van der Waals surface area contributed by atoms with Crippen LogP contribution in [0, 0.1) is 11.2 Å². The van der Waals surface area contributed by atoms with Crippen LogP contribution in [0.3, 0.4) is 0 Å². The van der Waals surface area contributed by atoms with Gasteiger partial charge < -0.3 is 19.7 Å². The van der Waals surface area contributed by atoms with E-state index in [1.807, 2.05) is 30.3 Å². The predicted octanol–water partition coefficient (Wildman–Crippen LogP) is 3.60. The van der Waals surface area contributed by atoms with Gasteiger partial charge in [-0.25, -0.2) is 4.39 Å². The average molecular weight is 426 g/mol. The van der Waals surface area contributed by atoms with Gasteiger partial charge in [0.15, 0.2) is 5.96 Å². The number of ether oxygens (including phenoxy) is 1. The molecule has 0 unspecified atom stereocenters. The summed E-state index contributed by atoms with van der Waals surface area (Å²) in [6, 6.07) is 16.3. The number of hydrogen-bond acceptors (Lipinski definition) is 5. The molecule has 0 aliphatic carbocycles. The largest absolute Gasteiger partial charge is 0.396 e. The molecular weight excluding hydrogens is 399 g/mol. The molecule has 0 amide bonds. The second kappa shape index (κ2) is 11.8. The first-order chi connectivity index (χ1) is 15.2. The second-order valence-corrected chi connectivity index (χ2v) is 6.98. The first-order valence-corrected chi connectivity index (χ1v) is 10.2. The number of halogens is 1. The highest BCUT2D eigenvalue weighted by Gasteiger charge is 2.07. The van der Waals surface area contributed by atoms with Crippen molar-refractivity contribution in [3.8, 4) is 11.1 Å². The van der Waals surface area contributed by atoms with Crippen LogP contribution in [0.15, 0.2) is 59.1 Å². The Morgan fingerprint density at radius 1 is 1.10 bits per heavy atom. The van der Waals surface area contributed by atoms with Crippen molar-refractivity contribution >= 4 is 11.8 Å². The molecule has 0 radical (unpaired) electrons. The van der Waals surface area contributed by atoms with Crippen LogP contribution < -0.4 is 10.6 Å². The molecule has 3 rings (SSSR count). The molecule has 4 N–H and O–H groups in total. The van der Waals surface area contributed by atoms with Crippen molar-refractivity contribution in [2.45, 2.75) is 19.3 Å². The van der Waals surface area contributed by atoms with Crippen LogP contribution in [0.4, 0.5) is 10.3 Å². The van der Waals surface area contributed by atoms with E-state index >= 15 is 0 Å². The SMILES string of the molecule is N=C(NCCOCCCO)Nc1cc(CCc2ccc(-c3ccccc3F)cc2)no1. The molecule has 0 spiro atoms. The summed E-state index contributed by atoms with van der Waals surface area (Å²) in [6.45, 7) is 1.52. The normalized spacial score (nSPS) is 10.8. The molecule has 1 heterocycles. The molecular formula is C23H27FN4O3. The second-order valence-electron chi connectivity index (χ2n) is 6.98. The van der Waals surface area contributed by atoms with Gasteiger partial charge in [0, 0.05) is 31.4 Å². The summed E-state index contributed by atoms with van der Waals surface area (Å²) in [5, 5.41) is 26.2. The number of anilines is 1. The van der Waals surface area contributed by atoms with Crippen LogP contribution in [-0.4, -0.2) is 42.6 Å². The molecule has 0 saturated heterocycles. The molecule has 0 bridgehead atoms. The molecule has 2 aromatic carbocycles. The van der Waals surface area contributed by atoms with Gasteiger partial charge in [-0.15, -0.1) is 0 Å². The number of hydrogen-bond donors (Lipinski definition) is 4. The molecule has 3 aromatic rings. The van der Waals surface area contributed by atoms with Gasteiger partial charge in [0.1, 0.15) is 5.82 Å². The van der Waals surface area contributed by atoms with Crippen molar-refractivity contribution in [1.82, 2.24) is 10.5 Å². The Bertz CT molecular complexity index is 959. The zero-order valence-corrected chi connectivity index (χ0v) is 17.2. The van der Waals surface area contributed by atoms with E-state index in [0.717, 1.165) is 23.2 Å². The Morgan fingerprint density at radius 3 is 2.68 bits per heavy atom. The fourth-order valence-electron chi connectivity index (χ4n) is 2.99. The lowest BCUT2D eigenvalue weighted by Gasteiger charge is -2.08. The molecule has 0 atom stereocenters. The topological polar surface area (TPSA) is 103 Å². The van der Waals surface area contributed by atoms with Gasteiger partial charge >= 0.3 is 0 Å². The molecule has 0 aliphatic rings. The first-order valence-electron chi connectivity index (χ1n) is 10.2. The monoisotopic (exact) mass is 426 g/mol. The van der Waals surface area contributed by atoms with Crippen LogP contribution in [0.1, 0.15) is 17.7 Å². The number of guanidine groups is 1. The van der Waals surface area contributed by atoms with Crippen molar-refractivity contribution in [3.63, 3.8) is 0 Å². The van der Waals surface area contributed by atoms with E-state index in [0.29, 0.717) is 44.0 Å². The number of aliphatic hydroxyl groups is 1. The zero-order chi connectivity index (χ0) is 21.9. The summed E-state index contributed by atoms with van der Waals surface area (Å²) in [6.07, 6.45) is 2.06. The number of aliphatic hydroxyl groups excluding tert-OH is 1. The van der Waals surface area contributed by atoms with Crippen molar-refractivity contribution in [2.75, 3.05) is 31.7 Å². The molecule has 31 heavy (non-hydrogen) atoms. The maximum Gasteiger partial charge on any atom is 0.231 e. The number of rotatable bonds is 11. The maximum atomic E-state index is 13.9. The molecule has 8 heteroatoms. The van der Waals surface area contributed by atoms with Crippen LogP contribution in [0.5, 0.6) is 0 Å². The van der Waals surface area contributed by atoms with Crippen LogP contribution in [0.25, 0.3) is 11.1 Å². The van der Waals surface area contributed by atoms with Gasteiger partial charge in [0.05, 0.1) is 12.3 Å². The highest BCUT2D eigenvalue weighted by atomic mass is 19.1. The molecule has 7 nitrogen and oxygen atoms in total. The first kappa shape index (κ1) is 22.5. The van der Waals surface area contributed by atoms with Crippen molar-refractivity contribution < 1.29 is 18.8 Å². The summed E-state index contributed by atoms with van der Waals surface area (Å²) in [5.41, 5.74) is 3.34. The summed E-state index contributed by atoms with van der Waals surface area (Å²) < 4.78 is 24.4. The van der Waals surface area contributed by atoms with E-state index in [2.05, 4.69) is 15.8 Å². The minimum Gasteiger partial charge on any atom is -0.396 e. The standard InChI is InChI=1S/C23H27FN4O3/c24-21-5-2-1-4-20(21)18-9-6-17(7-10-18)8-11-19-16-22(31-28-19)27-23(25)26-12-15-30-14-3-13-29/h1-2,4-7,9-10,16,29H,3,8,11-15H2,(H3,25,26,27). The number of nitrogens with one attached hydrogen (secondary N) is 3. The van der Waals surface area contributed by atoms with Gasteiger partial charge in [-0.3, -0.25) is 10.7 Å². The lowest BCUT2D eigenvalue weighted by atomic mass is 10.0. The Labute approximate surface area is 180 Å². The highest BCUT2D eigenvalue weighted by Crippen LogP contribution is 2.23. The molecule has 164 valence electrons. The Morgan fingerprint density at radius 2 is 1.90 bits per heavy atom. The maximum absolute atomic E-state index is 13.9. The van der Waals surface area contributed by atoms with Gasteiger partial charge in [0.2, 0.25) is 5.88 Å². The predicted molar refractivity (Wildman–Crippen MR) is 118 cm³/mol. The quantitative estimate of drug-likeness (QED) is 0.212. The summed E-state index contributed by atoms with van der Waals surface area (Å²) in [5.74, 6) is 0.257. The smallest absolute Gasteiger partial charge is 0.231 e. The average Bonchev–Trinajstić information content (AvgIpc) is 3.23. The van der Waals surface area contributed by atoms with Gasteiger partial charge in [-0.05, 0) is 36.5 Å². The molecule has 0 fully saturated rings. The Hall–Kier alpha value is -3.23. The fraction of sp³-hybridized carbons (Fsp3) is 0.304. The van der Waals surface area contributed by atoms with Gasteiger partial charge in [-0.2, -0.15) is 0 Å². The van der Waals surface area contributed by atoms with E-state index in [1.54, 1.807) is 18.2 Å². The van der Waals surface area contributed by atoms with E-state index in [-0.39, 0.29) is 18.4 Å². The lowest BCUT2D eigenvalue weighted by Crippen LogP contribution is -2.32. The molecule has 1 aromatic heterocycles. The van der Waals surface area contributed by atoms with Gasteiger partial charge in [0.25, 0.3) is 0 Å². The van der Waals surface area contributed by atoms with E-state index < -0.39 is 0 Å². The molecule has 0 aliphatic heterocycles. The Kier molecular flexibility index (Phi) is 8.57. The number of aryl methyl sites for hydroxylation is 2. The van der Waals surface area contributed by atoms with Crippen LogP contribution >= 0.6 is 0 Å². The van der Waals surface area contributed by atoms with Crippen molar-refractivity contribution in [3.05, 3.63) is 71.7 Å². The fourth-order valence-corrected chi connectivity index (χ4v) is 2.99. The minimum atomic E-state index is -0.229. The zero-order valence-electron chi connectivity index (χ0n) is 17.2. The third-order valence-electron chi connectivity index (χ3n) is 4.61. The lowest BCUT2D eigenvalue weighted by molar-refractivity contribution is 0.120. The van der Waals surface area contributed by atoms with Crippen molar-refractivity contribution in [1.29, 1.82) is 5.41 Å². The van der Waals surface area contributed by atoms with Crippen LogP contribution in [0.2, 0.25) is 0 Å². The number of benzene rings is 2. The van der Waals surface area contributed by atoms with Crippen LogP contribution in [-0.2, 0) is 17.6 Å². The molecule has 0 saturated carbocycles. The Balaban J connectivity index is 1.42. The third-order valence-corrected chi connectivity index (χ3v) is 4.61. The summed E-state index contributed by atoms with van der Waals surface area (Å²) >= 11 is 0. The number of nitrogens with zero attached hydrogens (tertiary/aromatic N) is 1. The summed E-state index contributed by atoms with van der Waals surface area (Å²) in [4.78, 5) is 0. The van der Waals surface area contributed by atoms with Crippen molar-refractivity contribution in [2.24, 2.45) is 0 Å². The minimum absolute atomic E-state index is 0.0946. The van der Waals surface area contributed by atoms with E-state index in [4.69, 9.17) is 19.8 Å². The van der Waals surface area contributed by atoms with E-state index in [9.17, 15) is 4.39 Å².